The molecule has 6 heavy (non-hydrogen) atoms. The summed E-state index contributed by atoms with van der Waals surface area (Å²) in [7, 11) is 0. The van der Waals surface area contributed by atoms with E-state index in [1.54, 1.807) is 0 Å². The quantitative estimate of drug-likeness (QED) is 0.497. The van der Waals surface area contributed by atoms with E-state index in [9.17, 15) is 0 Å². The van der Waals surface area contributed by atoms with Gasteiger partial charge in [-0.1, -0.05) is 6.92 Å². The summed E-state index contributed by atoms with van der Waals surface area (Å²) in [5.41, 5.74) is 6.43. The van der Waals surface area contributed by atoms with E-state index in [1.807, 2.05) is 13.8 Å². The predicted octanol–water partition coefficient (Wildman–Crippen LogP) is 1.82. The Hall–Kier alpha value is -0.400. The summed E-state index contributed by atoms with van der Waals surface area (Å²) in [4.78, 5) is 0. The summed E-state index contributed by atoms with van der Waals surface area (Å²) in [6, 6.07) is 0.227. The van der Waals surface area contributed by atoms with Crippen LogP contribution in [-0.2, 0) is 0 Å². The highest BCUT2D eigenvalue weighted by Gasteiger charge is 1.87. The number of nitrogens with one attached hydrogen (secondary N) is 1. The monoisotopic (exact) mass is 86.1 g/mol. The van der Waals surface area contributed by atoms with Gasteiger partial charge in [0.2, 0.25) is 0 Å². The Morgan fingerprint density at radius 3 is 2.33 bits per heavy atom. The van der Waals surface area contributed by atoms with Crippen LogP contribution in [0.5, 0.6) is 0 Å². The van der Waals surface area contributed by atoms with E-state index in [0.717, 1.165) is 6.42 Å². The molecule has 0 saturated carbocycles. The third-order valence-electron chi connectivity index (χ3n) is 0.811. The minimum atomic E-state index is 0.227. The smallest absolute Gasteiger partial charge is 0.0675 e. The first kappa shape index (κ1) is 5.60. The second-order valence-corrected chi connectivity index (χ2v) is 1.39. The molecule has 0 aromatic rings. The highest BCUT2D eigenvalue weighted by Crippen LogP contribution is 1.90. The molecular weight excluding hydrogens is 76.1 g/mol. The van der Waals surface area contributed by atoms with Crippen molar-refractivity contribution < 1.29 is 0 Å². The molecule has 0 heterocycles. The Morgan fingerprint density at radius 1 is 1.83 bits per heavy atom. The van der Waals surface area contributed by atoms with Crippen LogP contribution in [0.15, 0.2) is 5.11 Å². The largest absolute Gasteiger partial charge is 0.210 e. The molecular formula is C4H10N2. The fourth-order valence-electron chi connectivity index (χ4n) is 0.0913. The molecule has 0 aromatic carbocycles. The summed E-state index contributed by atoms with van der Waals surface area (Å²) in [5.74, 6) is 0. The van der Waals surface area contributed by atoms with Crippen LogP contribution in [-0.4, -0.2) is 6.04 Å². The number of hydrogen-bond acceptors (Lipinski definition) is 2. The number of rotatable bonds is 2. The highest BCUT2D eigenvalue weighted by atomic mass is 15.0. The Balaban J connectivity index is 2.96. The molecule has 36 valence electrons. The maximum absolute atomic E-state index is 6.43. The van der Waals surface area contributed by atoms with Crippen LogP contribution in [0, 0.1) is 5.53 Å². The third kappa shape index (κ3) is 1.88. The fraction of sp³-hybridized carbons (Fsp3) is 1.00. The molecule has 0 aliphatic carbocycles. The van der Waals surface area contributed by atoms with Gasteiger partial charge in [0.1, 0.15) is 0 Å². The van der Waals surface area contributed by atoms with E-state index in [4.69, 9.17) is 5.53 Å². The van der Waals surface area contributed by atoms with E-state index in [0.29, 0.717) is 0 Å². The fourth-order valence-corrected chi connectivity index (χ4v) is 0.0913. The van der Waals surface area contributed by atoms with Crippen molar-refractivity contribution in [3.63, 3.8) is 0 Å². The molecule has 0 unspecified atom stereocenters. The lowest BCUT2D eigenvalue weighted by molar-refractivity contribution is 0.660. The molecule has 0 radical (unpaired) electrons. The molecule has 1 N–H and O–H groups in total. The molecule has 0 fully saturated rings. The maximum Gasteiger partial charge on any atom is 0.0675 e. The lowest BCUT2D eigenvalue weighted by Gasteiger charge is -1.91. The van der Waals surface area contributed by atoms with Crippen molar-refractivity contribution in [1.82, 2.24) is 0 Å². The van der Waals surface area contributed by atoms with Crippen molar-refractivity contribution in [3.8, 4) is 0 Å². The summed E-state index contributed by atoms with van der Waals surface area (Å²) < 4.78 is 0. The van der Waals surface area contributed by atoms with Gasteiger partial charge in [0, 0.05) is 0 Å². The van der Waals surface area contributed by atoms with Gasteiger partial charge >= 0.3 is 0 Å². The van der Waals surface area contributed by atoms with Crippen LogP contribution < -0.4 is 0 Å². The summed E-state index contributed by atoms with van der Waals surface area (Å²) >= 11 is 0. The average Bonchev–Trinajstić information content (AvgIpc) is 1.65. The van der Waals surface area contributed by atoms with Gasteiger partial charge < -0.3 is 0 Å². The molecule has 0 amide bonds. The van der Waals surface area contributed by atoms with Crippen LogP contribution in [0.3, 0.4) is 0 Å². The summed E-state index contributed by atoms with van der Waals surface area (Å²) in [6.07, 6.45) is 0.976. The van der Waals surface area contributed by atoms with Gasteiger partial charge in [-0.2, -0.15) is 5.11 Å². The molecule has 1 atom stereocenters. The van der Waals surface area contributed by atoms with Crippen molar-refractivity contribution >= 4 is 0 Å². The van der Waals surface area contributed by atoms with E-state index in [2.05, 4.69) is 5.11 Å². The van der Waals surface area contributed by atoms with E-state index in [-0.39, 0.29) is 6.04 Å². The maximum atomic E-state index is 6.43. The third-order valence-corrected chi connectivity index (χ3v) is 0.811. The molecule has 0 spiro atoms. The van der Waals surface area contributed by atoms with Crippen molar-refractivity contribution in [2.45, 2.75) is 26.3 Å². The first-order valence-corrected chi connectivity index (χ1v) is 2.17. The zero-order valence-corrected chi connectivity index (χ0v) is 4.23. The Bertz CT molecular complexity index is 42.8. The summed E-state index contributed by atoms with van der Waals surface area (Å²) in [5, 5.41) is 3.26. The summed E-state index contributed by atoms with van der Waals surface area (Å²) in [6.45, 7) is 3.94. The van der Waals surface area contributed by atoms with Gasteiger partial charge in [-0.3, -0.25) is 0 Å². The molecule has 0 aliphatic rings. The topological polar surface area (TPSA) is 36.2 Å². The highest BCUT2D eigenvalue weighted by molar-refractivity contribution is 4.47. The first-order chi connectivity index (χ1) is 2.81. The molecule has 2 nitrogen and oxygen atoms in total. The number of hydrogen-bond donors (Lipinski definition) is 1. The van der Waals surface area contributed by atoms with Crippen molar-refractivity contribution in [2.75, 3.05) is 0 Å². The van der Waals surface area contributed by atoms with Crippen molar-refractivity contribution in [2.24, 2.45) is 5.11 Å². The van der Waals surface area contributed by atoms with Crippen LogP contribution in [0.1, 0.15) is 20.3 Å². The second-order valence-electron chi connectivity index (χ2n) is 1.39. The van der Waals surface area contributed by atoms with Crippen molar-refractivity contribution in [1.29, 1.82) is 5.53 Å². The van der Waals surface area contributed by atoms with E-state index < -0.39 is 0 Å². The van der Waals surface area contributed by atoms with Gasteiger partial charge in [0.05, 0.1) is 6.04 Å². The lowest BCUT2D eigenvalue weighted by Crippen LogP contribution is -1.89. The average molecular weight is 86.1 g/mol. The van der Waals surface area contributed by atoms with Gasteiger partial charge in [-0.25, -0.2) is 5.53 Å². The molecule has 0 aromatic heterocycles. The SMILES string of the molecule is CC[C@H](C)N=N. The number of nitrogens with zero attached hydrogens (tertiary/aromatic N) is 1. The van der Waals surface area contributed by atoms with E-state index >= 15 is 0 Å². The van der Waals surface area contributed by atoms with Crippen LogP contribution in [0.4, 0.5) is 0 Å². The zero-order chi connectivity index (χ0) is 4.99. The Labute approximate surface area is 38.1 Å². The van der Waals surface area contributed by atoms with Gasteiger partial charge in [0.15, 0.2) is 0 Å². The van der Waals surface area contributed by atoms with Gasteiger partial charge in [-0.05, 0) is 13.3 Å². The van der Waals surface area contributed by atoms with Crippen LogP contribution >= 0.6 is 0 Å². The minimum absolute atomic E-state index is 0.227. The molecule has 0 bridgehead atoms. The first-order valence-electron chi connectivity index (χ1n) is 2.17. The lowest BCUT2D eigenvalue weighted by atomic mass is 10.3. The zero-order valence-electron chi connectivity index (χ0n) is 4.23. The van der Waals surface area contributed by atoms with Gasteiger partial charge in [0.25, 0.3) is 0 Å². The standard InChI is InChI=1S/C4H10N2/c1-3-4(2)6-5/h4-5H,3H2,1-2H3/t4-/m0/s1. The normalized spacial score (nSPS) is 13.7. The molecule has 2 heteroatoms. The molecule has 0 rings (SSSR count). The molecule has 0 saturated heterocycles. The van der Waals surface area contributed by atoms with Crippen molar-refractivity contribution in [3.05, 3.63) is 0 Å². The van der Waals surface area contributed by atoms with Crippen LogP contribution in [0.2, 0.25) is 0 Å². The van der Waals surface area contributed by atoms with Gasteiger partial charge in [-0.15, -0.1) is 0 Å². The van der Waals surface area contributed by atoms with E-state index in [1.165, 1.54) is 0 Å². The Kier molecular flexibility index (Phi) is 2.63. The second kappa shape index (κ2) is 2.82. The van der Waals surface area contributed by atoms with Crippen LogP contribution in [0.25, 0.3) is 0 Å². The predicted molar refractivity (Wildman–Crippen MR) is 24.9 cm³/mol. The minimum Gasteiger partial charge on any atom is -0.210 e. The molecule has 0 aliphatic heterocycles. The Morgan fingerprint density at radius 2 is 2.33 bits per heavy atom.